The smallest absolute Gasteiger partial charge is 0.270 e. The Bertz CT molecular complexity index is 634. The first-order chi connectivity index (χ1) is 6.36. The molecule has 0 atom stereocenters. The molecule has 0 unspecified atom stereocenters. The summed E-state index contributed by atoms with van der Waals surface area (Å²) in [6.07, 6.45) is 1.63. The van der Waals surface area contributed by atoms with Gasteiger partial charge in [-0.05, 0) is 0 Å². The number of rotatable bonds is 0. The normalized spacial score (nSPS) is 11.4. The number of fused-ring (bicyclic) bond motifs is 3. The van der Waals surface area contributed by atoms with Gasteiger partial charge < -0.3 is 4.98 Å². The summed E-state index contributed by atoms with van der Waals surface area (Å²) in [4.78, 5) is 18.2. The molecule has 0 aromatic carbocycles. The largest absolute Gasteiger partial charge is 0.306 e. The number of H-pyrrole nitrogens is 1. The molecule has 0 amide bonds. The van der Waals surface area contributed by atoms with Crippen molar-refractivity contribution in [1.82, 2.24) is 19.6 Å². The molecule has 13 heavy (non-hydrogen) atoms. The van der Waals surface area contributed by atoms with Gasteiger partial charge in [0.05, 0.1) is 11.7 Å². The van der Waals surface area contributed by atoms with E-state index in [1.807, 2.05) is 0 Å². The van der Waals surface area contributed by atoms with Crippen molar-refractivity contribution in [3.8, 4) is 0 Å². The molecule has 0 bridgehead atoms. The predicted octanol–water partition coefficient (Wildman–Crippen LogP) is 0.632. The molecule has 0 saturated carbocycles. The first-order valence-corrected chi connectivity index (χ1v) is 4.53. The van der Waals surface area contributed by atoms with Crippen LogP contribution in [-0.4, -0.2) is 19.6 Å². The molecule has 0 saturated heterocycles. The second-order valence-corrected chi connectivity index (χ2v) is 3.44. The van der Waals surface area contributed by atoms with Crippen LogP contribution in [-0.2, 0) is 0 Å². The second kappa shape index (κ2) is 2.17. The maximum absolute atomic E-state index is 11.4. The summed E-state index contributed by atoms with van der Waals surface area (Å²) in [6, 6.07) is 1.74. The van der Waals surface area contributed by atoms with E-state index >= 15 is 0 Å². The highest BCUT2D eigenvalue weighted by Crippen LogP contribution is 2.12. The third kappa shape index (κ3) is 0.775. The number of nitrogens with one attached hydrogen (secondary N) is 1. The molecule has 3 rings (SSSR count). The van der Waals surface area contributed by atoms with Crippen molar-refractivity contribution in [1.29, 1.82) is 0 Å². The van der Waals surface area contributed by atoms with Crippen LogP contribution in [0.5, 0.6) is 0 Å². The monoisotopic (exact) mass is 192 g/mol. The zero-order chi connectivity index (χ0) is 8.84. The Morgan fingerprint density at radius 3 is 3.38 bits per heavy atom. The molecule has 0 radical (unpaired) electrons. The molecule has 3 heterocycles. The fourth-order valence-electron chi connectivity index (χ4n) is 1.29. The molecule has 0 aliphatic heterocycles. The fourth-order valence-corrected chi connectivity index (χ4v) is 1.95. The van der Waals surface area contributed by atoms with Gasteiger partial charge >= 0.3 is 0 Å². The summed E-state index contributed by atoms with van der Waals surface area (Å²) < 4.78 is 2.23. The maximum Gasteiger partial charge on any atom is 0.270 e. The summed E-state index contributed by atoms with van der Waals surface area (Å²) in [5, 5.41) is 4.05. The van der Waals surface area contributed by atoms with E-state index in [4.69, 9.17) is 0 Å². The molecule has 0 spiro atoms. The van der Waals surface area contributed by atoms with E-state index < -0.39 is 0 Å². The van der Waals surface area contributed by atoms with Crippen LogP contribution >= 0.6 is 11.3 Å². The average molecular weight is 192 g/mol. The Balaban J connectivity index is 2.79. The van der Waals surface area contributed by atoms with Gasteiger partial charge in [-0.1, -0.05) is 0 Å². The van der Waals surface area contributed by atoms with Crippen molar-refractivity contribution in [2.75, 3.05) is 0 Å². The highest BCUT2D eigenvalue weighted by molar-refractivity contribution is 7.16. The van der Waals surface area contributed by atoms with Crippen LogP contribution in [0.25, 0.3) is 16.0 Å². The van der Waals surface area contributed by atoms with Gasteiger partial charge in [0.25, 0.3) is 5.56 Å². The summed E-state index contributed by atoms with van der Waals surface area (Å²) >= 11 is 1.32. The first kappa shape index (κ1) is 6.79. The predicted molar refractivity (Wildman–Crippen MR) is 49.0 cm³/mol. The lowest BCUT2D eigenvalue weighted by Gasteiger charge is -1.92. The average Bonchev–Trinajstić information content (AvgIpc) is 2.66. The minimum atomic E-state index is -0.106. The van der Waals surface area contributed by atoms with E-state index in [0.717, 1.165) is 0 Å². The summed E-state index contributed by atoms with van der Waals surface area (Å²) in [6.45, 7) is 0. The van der Waals surface area contributed by atoms with Gasteiger partial charge in [0.2, 0.25) is 0 Å². The minimum Gasteiger partial charge on any atom is -0.306 e. The van der Waals surface area contributed by atoms with E-state index in [-0.39, 0.29) is 5.56 Å². The Kier molecular flexibility index (Phi) is 1.13. The van der Waals surface area contributed by atoms with Crippen LogP contribution in [0, 0.1) is 0 Å². The number of hydrogen-bond donors (Lipinski definition) is 1. The van der Waals surface area contributed by atoms with Crippen LogP contribution in [0.1, 0.15) is 0 Å². The van der Waals surface area contributed by atoms with Crippen molar-refractivity contribution < 1.29 is 0 Å². The molecule has 0 aliphatic carbocycles. The fraction of sp³-hybridized carbons (Fsp3) is 0. The SMILES string of the molecule is O=c1[nH]c2ccnn2c2ncsc12. The number of aromatic amines is 1. The van der Waals surface area contributed by atoms with Crippen LogP contribution in [0.4, 0.5) is 0 Å². The number of aromatic nitrogens is 4. The molecule has 3 aromatic heterocycles. The van der Waals surface area contributed by atoms with Crippen LogP contribution in [0.2, 0.25) is 0 Å². The van der Waals surface area contributed by atoms with Crippen LogP contribution in [0.3, 0.4) is 0 Å². The Morgan fingerprint density at radius 2 is 2.46 bits per heavy atom. The van der Waals surface area contributed by atoms with Crippen LogP contribution < -0.4 is 5.56 Å². The first-order valence-electron chi connectivity index (χ1n) is 3.65. The minimum absolute atomic E-state index is 0.106. The van der Waals surface area contributed by atoms with Crippen molar-refractivity contribution in [3.63, 3.8) is 0 Å². The van der Waals surface area contributed by atoms with E-state index in [0.29, 0.717) is 16.0 Å². The molecule has 3 aromatic rings. The van der Waals surface area contributed by atoms with E-state index in [1.54, 1.807) is 22.3 Å². The molecular weight excluding hydrogens is 188 g/mol. The highest BCUT2D eigenvalue weighted by Gasteiger charge is 2.06. The van der Waals surface area contributed by atoms with Gasteiger partial charge in [-0.25, -0.2) is 4.98 Å². The van der Waals surface area contributed by atoms with Gasteiger partial charge in [-0.15, -0.1) is 11.3 Å². The standard InChI is InChI=1S/C7H4N4OS/c12-7-5-6(8-3-13-5)11-4(10-7)1-2-9-11/h1-3H,(H,10,12). The van der Waals surface area contributed by atoms with Gasteiger partial charge in [-0.3, -0.25) is 4.79 Å². The lowest BCUT2D eigenvalue weighted by molar-refractivity contribution is 0.963. The Labute approximate surface area is 75.7 Å². The van der Waals surface area contributed by atoms with E-state index in [2.05, 4.69) is 15.1 Å². The highest BCUT2D eigenvalue weighted by atomic mass is 32.1. The molecule has 0 fully saturated rings. The Hall–Kier alpha value is -1.69. The topological polar surface area (TPSA) is 63.0 Å². The lowest BCUT2D eigenvalue weighted by atomic mass is 10.6. The van der Waals surface area contributed by atoms with Crippen molar-refractivity contribution in [3.05, 3.63) is 28.1 Å². The Morgan fingerprint density at radius 1 is 1.54 bits per heavy atom. The van der Waals surface area contributed by atoms with E-state index in [1.165, 1.54) is 11.3 Å². The van der Waals surface area contributed by atoms with Gasteiger partial charge in [0, 0.05) is 6.07 Å². The lowest BCUT2D eigenvalue weighted by Crippen LogP contribution is -2.08. The molecular formula is C7H4N4OS. The zero-order valence-electron chi connectivity index (χ0n) is 6.39. The van der Waals surface area contributed by atoms with E-state index in [9.17, 15) is 4.79 Å². The number of thiazole rings is 1. The van der Waals surface area contributed by atoms with Crippen molar-refractivity contribution in [2.45, 2.75) is 0 Å². The summed E-state index contributed by atoms with van der Waals surface area (Å²) in [7, 11) is 0. The number of hydrogen-bond acceptors (Lipinski definition) is 4. The van der Waals surface area contributed by atoms with Crippen molar-refractivity contribution >= 4 is 27.3 Å². The van der Waals surface area contributed by atoms with Crippen molar-refractivity contribution in [2.24, 2.45) is 0 Å². The summed E-state index contributed by atoms with van der Waals surface area (Å²) in [5.74, 6) is 0. The molecule has 1 N–H and O–H groups in total. The molecule has 0 aliphatic rings. The van der Waals surface area contributed by atoms with Gasteiger partial charge in [-0.2, -0.15) is 9.61 Å². The van der Waals surface area contributed by atoms with Crippen LogP contribution in [0.15, 0.2) is 22.6 Å². The molecule has 6 heteroatoms. The quantitative estimate of drug-likeness (QED) is 0.568. The summed E-state index contributed by atoms with van der Waals surface area (Å²) in [5.41, 5.74) is 2.82. The van der Waals surface area contributed by atoms with Gasteiger partial charge in [0.15, 0.2) is 5.65 Å². The second-order valence-electron chi connectivity index (χ2n) is 2.59. The zero-order valence-corrected chi connectivity index (χ0v) is 7.21. The molecule has 64 valence electrons. The third-order valence-electron chi connectivity index (χ3n) is 1.84. The molecule has 5 nitrogen and oxygen atoms in total. The van der Waals surface area contributed by atoms with Gasteiger partial charge in [0.1, 0.15) is 10.3 Å². The third-order valence-corrected chi connectivity index (χ3v) is 2.65. The number of nitrogens with zero attached hydrogens (tertiary/aromatic N) is 3. The maximum atomic E-state index is 11.4.